The minimum absolute atomic E-state index is 0.0738. The SMILES string of the molecule is COCCc1ccc(OCC(=O)Cc2ccccc2)cc1. The topological polar surface area (TPSA) is 35.5 Å². The fraction of sp³-hybridized carbons (Fsp3) is 0.278. The van der Waals surface area contributed by atoms with Crippen LogP contribution in [-0.4, -0.2) is 26.1 Å². The number of ketones is 1. The zero-order valence-corrected chi connectivity index (χ0v) is 12.2. The summed E-state index contributed by atoms with van der Waals surface area (Å²) in [7, 11) is 1.69. The van der Waals surface area contributed by atoms with Gasteiger partial charge in [-0.2, -0.15) is 0 Å². The zero-order chi connectivity index (χ0) is 14.9. The summed E-state index contributed by atoms with van der Waals surface area (Å²) in [5, 5.41) is 0. The lowest BCUT2D eigenvalue weighted by Gasteiger charge is -2.07. The predicted octanol–water partition coefficient (Wildman–Crippen LogP) is 3.07. The molecule has 2 rings (SSSR count). The molecule has 0 bridgehead atoms. The van der Waals surface area contributed by atoms with E-state index in [2.05, 4.69) is 0 Å². The summed E-state index contributed by atoms with van der Waals surface area (Å²) in [4.78, 5) is 11.9. The summed E-state index contributed by atoms with van der Waals surface area (Å²) in [6, 6.07) is 17.5. The van der Waals surface area contributed by atoms with Crippen molar-refractivity contribution in [1.29, 1.82) is 0 Å². The van der Waals surface area contributed by atoms with Crippen molar-refractivity contribution < 1.29 is 14.3 Å². The van der Waals surface area contributed by atoms with Crippen LogP contribution in [0.3, 0.4) is 0 Å². The number of Topliss-reactive ketones (excluding diaryl/α,β-unsaturated/α-hetero) is 1. The van der Waals surface area contributed by atoms with Gasteiger partial charge in [-0.1, -0.05) is 42.5 Å². The Bertz CT molecular complexity index is 546. The number of hydrogen-bond donors (Lipinski definition) is 0. The van der Waals surface area contributed by atoms with E-state index in [0.29, 0.717) is 13.0 Å². The molecule has 0 aromatic heterocycles. The number of methoxy groups -OCH3 is 1. The van der Waals surface area contributed by atoms with Gasteiger partial charge in [-0.25, -0.2) is 0 Å². The minimum atomic E-state index is 0.0738. The Morgan fingerprint density at radius 3 is 2.33 bits per heavy atom. The van der Waals surface area contributed by atoms with Crippen LogP contribution in [0.15, 0.2) is 54.6 Å². The fourth-order valence-electron chi connectivity index (χ4n) is 2.01. The molecule has 0 spiro atoms. The fourth-order valence-corrected chi connectivity index (χ4v) is 2.01. The third-order valence-corrected chi connectivity index (χ3v) is 3.16. The minimum Gasteiger partial charge on any atom is -0.486 e. The predicted molar refractivity (Wildman–Crippen MR) is 82.7 cm³/mol. The molecule has 0 unspecified atom stereocenters. The Labute approximate surface area is 125 Å². The summed E-state index contributed by atoms with van der Waals surface area (Å²) in [5.41, 5.74) is 2.21. The maximum absolute atomic E-state index is 11.9. The average Bonchev–Trinajstić information content (AvgIpc) is 2.53. The molecular weight excluding hydrogens is 264 g/mol. The molecule has 0 aliphatic heterocycles. The molecule has 110 valence electrons. The van der Waals surface area contributed by atoms with Gasteiger partial charge in [0.05, 0.1) is 6.61 Å². The van der Waals surface area contributed by atoms with Crippen LogP contribution in [0.4, 0.5) is 0 Å². The summed E-state index contributed by atoms with van der Waals surface area (Å²) in [6.45, 7) is 0.808. The Kier molecular flexibility index (Phi) is 5.98. The van der Waals surface area contributed by atoms with E-state index in [4.69, 9.17) is 9.47 Å². The van der Waals surface area contributed by atoms with Crippen LogP contribution in [0, 0.1) is 0 Å². The lowest BCUT2D eigenvalue weighted by molar-refractivity contribution is -0.120. The van der Waals surface area contributed by atoms with Crippen LogP contribution in [-0.2, 0) is 22.4 Å². The van der Waals surface area contributed by atoms with Crippen molar-refractivity contribution in [2.24, 2.45) is 0 Å². The van der Waals surface area contributed by atoms with Crippen molar-refractivity contribution in [1.82, 2.24) is 0 Å². The van der Waals surface area contributed by atoms with E-state index in [0.717, 1.165) is 17.7 Å². The van der Waals surface area contributed by atoms with Gasteiger partial charge in [0.2, 0.25) is 0 Å². The lowest BCUT2D eigenvalue weighted by Crippen LogP contribution is -2.13. The Balaban J connectivity index is 1.78. The highest BCUT2D eigenvalue weighted by Gasteiger charge is 2.05. The number of hydrogen-bond acceptors (Lipinski definition) is 3. The molecule has 0 fully saturated rings. The van der Waals surface area contributed by atoms with E-state index < -0.39 is 0 Å². The van der Waals surface area contributed by atoms with Gasteiger partial charge < -0.3 is 9.47 Å². The van der Waals surface area contributed by atoms with Gasteiger partial charge >= 0.3 is 0 Å². The van der Waals surface area contributed by atoms with Crippen LogP contribution in [0.2, 0.25) is 0 Å². The first kappa shape index (κ1) is 15.3. The monoisotopic (exact) mass is 284 g/mol. The molecule has 0 heterocycles. The molecule has 21 heavy (non-hydrogen) atoms. The Morgan fingerprint density at radius 1 is 0.952 bits per heavy atom. The molecule has 0 radical (unpaired) electrons. The van der Waals surface area contributed by atoms with Crippen LogP contribution >= 0.6 is 0 Å². The number of benzene rings is 2. The number of carbonyl (C=O) groups is 1. The van der Waals surface area contributed by atoms with Crippen LogP contribution in [0.5, 0.6) is 5.75 Å². The molecule has 2 aromatic rings. The highest BCUT2D eigenvalue weighted by atomic mass is 16.5. The molecule has 0 aliphatic carbocycles. The van der Waals surface area contributed by atoms with E-state index in [9.17, 15) is 4.79 Å². The van der Waals surface area contributed by atoms with Crippen LogP contribution in [0.25, 0.3) is 0 Å². The number of carbonyl (C=O) groups excluding carboxylic acids is 1. The smallest absolute Gasteiger partial charge is 0.174 e. The first-order valence-electron chi connectivity index (χ1n) is 7.04. The standard InChI is InChI=1S/C18H20O3/c1-20-12-11-15-7-9-18(10-8-15)21-14-17(19)13-16-5-3-2-4-6-16/h2-10H,11-14H2,1H3. The van der Waals surface area contributed by atoms with Gasteiger partial charge in [0.25, 0.3) is 0 Å². The Morgan fingerprint density at radius 2 is 1.67 bits per heavy atom. The van der Waals surface area contributed by atoms with Gasteiger partial charge in [-0.15, -0.1) is 0 Å². The van der Waals surface area contributed by atoms with Gasteiger partial charge in [0.15, 0.2) is 5.78 Å². The molecule has 0 N–H and O–H groups in total. The largest absolute Gasteiger partial charge is 0.486 e. The van der Waals surface area contributed by atoms with Crippen LogP contribution in [0.1, 0.15) is 11.1 Å². The molecule has 3 heteroatoms. The first-order valence-corrected chi connectivity index (χ1v) is 7.04. The van der Waals surface area contributed by atoms with Crippen molar-refractivity contribution >= 4 is 5.78 Å². The first-order chi connectivity index (χ1) is 10.3. The van der Waals surface area contributed by atoms with Crippen molar-refractivity contribution in [3.05, 3.63) is 65.7 Å². The van der Waals surface area contributed by atoms with E-state index in [1.165, 1.54) is 5.56 Å². The van der Waals surface area contributed by atoms with E-state index in [-0.39, 0.29) is 12.4 Å². The number of rotatable bonds is 8. The second-order valence-electron chi connectivity index (χ2n) is 4.88. The molecule has 0 atom stereocenters. The second-order valence-corrected chi connectivity index (χ2v) is 4.88. The molecule has 0 saturated carbocycles. The summed E-state index contributed by atoms with van der Waals surface area (Å²) < 4.78 is 10.6. The Hall–Kier alpha value is -2.13. The van der Waals surface area contributed by atoms with Crippen molar-refractivity contribution in [2.45, 2.75) is 12.8 Å². The maximum atomic E-state index is 11.9. The van der Waals surface area contributed by atoms with Gasteiger partial charge in [-0.05, 0) is 29.7 Å². The second kappa shape index (κ2) is 8.22. The van der Waals surface area contributed by atoms with E-state index in [1.54, 1.807) is 7.11 Å². The quantitative estimate of drug-likeness (QED) is 0.747. The highest BCUT2D eigenvalue weighted by Crippen LogP contribution is 2.13. The zero-order valence-electron chi connectivity index (χ0n) is 12.2. The van der Waals surface area contributed by atoms with Crippen molar-refractivity contribution in [3.63, 3.8) is 0 Å². The normalized spacial score (nSPS) is 10.3. The lowest BCUT2D eigenvalue weighted by atomic mass is 10.1. The number of ether oxygens (including phenoxy) is 2. The maximum Gasteiger partial charge on any atom is 0.174 e. The summed E-state index contributed by atoms with van der Waals surface area (Å²) in [6.07, 6.45) is 1.29. The third-order valence-electron chi connectivity index (χ3n) is 3.16. The van der Waals surface area contributed by atoms with Gasteiger partial charge in [0, 0.05) is 13.5 Å². The molecule has 0 aliphatic rings. The molecule has 2 aromatic carbocycles. The summed E-state index contributed by atoms with van der Waals surface area (Å²) >= 11 is 0. The average molecular weight is 284 g/mol. The van der Waals surface area contributed by atoms with Gasteiger partial charge in [-0.3, -0.25) is 4.79 Å². The molecule has 0 saturated heterocycles. The van der Waals surface area contributed by atoms with E-state index >= 15 is 0 Å². The summed E-state index contributed by atoms with van der Waals surface area (Å²) in [5.74, 6) is 0.794. The van der Waals surface area contributed by atoms with Crippen molar-refractivity contribution in [3.8, 4) is 5.75 Å². The molecule has 3 nitrogen and oxygen atoms in total. The van der Waals surface area contributed by atoms with Gasteiger partial charge in [0.1, 0.15) is 12.4 Å². The van der Waals surface area contributed by atoms with Crippen molar-refractivity contribution in [2.75, 3.05) is 20.3 Å². The molecule has 0 amide bonds. The molecular formula is C18H20O3. The van der Waals surface area contributed by atoms with Crippen LogP contribution < -0.4 is 4.74 Å². The highest BCUT2D eigenvalue weighted by molar-refractivity contribution is 5.82. The third kappa shape index (κ3) is 5.40. The van der Waals surface area contributed by atoms with E-state index in [1.807, 2.05) is 54.6 Å².